The lowest BCUT2D eigenvalue weighted by molar-refractivity contribution is -0.113. The maximum absolute atomic E-state index is 12.7. The molecule has 1 atom stereocenters. The zero-order valence-electron chi connectivity index (χ0n) is 19.4. The van der Waals surface area contributed by atoms with Crippen molar-refractivity contribution in [3.63, 3.8) is 0 Å². The van der Waals surface area contributed by atoms with E-state index in [0.717, 1.165) is 25.9 Å². The summed E-state index contributed by atoms with van der Waals surface area (Å²) in [7, 11) is 0. The molecule has 3 aromatic rings. The van der Waals surface area contributed by atoms with Gasteiger partial charge in [0, 0.05) is 19.7 Å². The van der Waals surface area contributed by atoms with Gasteiger partial charge in [0.25, 0.3) is 5.78 Å². The summed E-state index contributed by atoms with van der Waals surface area (Å²) in [5, 5.41) is 18.1. The molecular formula is C22H30N8O3S. The molecule has 11 nitrogen and oxygen atoms in total. The molecule has 1 aliphatic rings. The first-order chi connectivity index (χ1) is 16.7. The van der Waals surface area contributed by atoms with Crippen LogP contribution >= 0.6 is 11.8 Å². The molecule has 0 spiro atoms. The first-order valence-corrected chi connectivity index (χ1v) is 12.5. The summed E-state index contributed by atoms with van der Waals surface area (Å²) in [4.78, 5) is 21.6. The lowest BCUT2D eigenvalue weighted by atomic mass is 10.1. The molecule has 1 saturated heterocycles. The Hall–Kier alpha value is -3.12. The third-order valence-electron chi connectivity index (χ3n) is 5.11. The summed E-state index contributed by atoms with van der Waals surface area (Å²) in [5.74, 6) is 2.04. The van der Waals surface area contributed by atoms with Crippen LogP contribution in [0.25, 0.3) is 5.78 Å². The molecule has 0 radical (unpaired) electrons. The zero-order valence-corrected chi connectivity index (χ0v) is 20.2. The van der Waals surface area contributed by atoms with Crippen molar-refractivity contribution in [2.75, 3.05) is 48.0 Å². The molecule has 4 rings (SSSR count). The fourth-order valence-electron chi connectivity index (χ4n) is 3.53. The van der Waals surface area contributed by atoms with Crippen LogP contribution in [0.5, 0.6) is 5.75 Å². The van der Waals surface area contributed by atoms with Gasteiger partial charge in [-0.2, -0.15) is 9.97 Å². The van der Waals surface area contributed by atoms with E-state index in [4.69, 9.17) is 9.47 Å². The van der Waals surface area contributed by atoms with Gasteiger partial charge in [0.05, 0.1) is 17.5 Å². The van der Waals surface area contributed by atoms with Gasteiger partial charge in [-0.05, 0) is 45.2 Å². The first-order valence-electron chi connectivity index (χ1n) is 11.5. The van der Waals surface area contributed by atoms with Crippen molar-refractivity contribution in [1.82, 2.24) is 24.6 Å². The third-order valence-corrected chi connectivity index (χ3v) is 6.04. The van der Waals surface area contributed by atoms with E-state index >= 15 is 0 Å². The van der Waals surface area contributed by atoms with Gasteiger partial charge in [-0.15, -0.1) is 10.2 Å². The number of amides is 1. The van der Waals surface area contributed by atoms with E-state index in [9.17, 15) is 4.79 Å². The van der Waals surface area contributed by atoms with Gasteiger partial charge in [0.2, 0.25) is 17.8 Å². The molecule has 3 heterocycles. The van der Waals surface area contributed by atoms with Crippen LogP contribution in [0.1, 0.15) is 33.1 Å². The number of hydrogen-bond acceptors (Lipinski definition) is 10. The minimum Gasteiger partial charge on any atom is -0.489 e. The summed E-state index contributed by atoms with van der Waals surface area (Å²) >= 11 is 1.26. The van der Waals surface area contributed by atoms with E-state index in [2.05, 4.69) is 36.1 Å². The van der Waals surface area contributed by atoms with E-state index in [1.165, 1.54) is 11.8 Å². The van der Waals surface area contributed by atoms with Crippen molar-refractivity contribution in [3.05, 3.63) is 24.3 Å². The Morgan fingerprint density at radius 2 is 2.03 bits per heavy atom. The predicted octanol–water partition coefficient (Wildman–Crippen LogP) is 3.06. The Morgan fingerprint density at radius 3 is 2.82 bits per heavy atom. The maximum atomic E-state index is 12.7. The smallest absolute Gasteiger partial charge is 0.261 e. The van der Waals surface area contributed by atoms with Crippen LogP contribution in [-0.4, -0.2) is 68.6 Å². The fraction of sp³-hybridized carbons (Fsp3) is 0.500. The molecule has 1 fully saturated rings. The van der Waals surface area contributed by atoms with Crippen molar-refractivity contribution in [2.24, 2.45) is 0 Å². The quantitative estimate of drug-likeness (QED) is 0.348. The Morgan fingerprint density at radius 1 is 1.18 bits per heavy atom. The van der Waals surface area contributed by atoms with Crippen LogP contribution in [0.2, 0.25) is 0 Å². The molecule has 2 aromatic heterocycles. The number of nitrogens with zero attached hydrogens (tertiary/aromatic N) is 5. The lowest BCUT2D eigenvalue weighted by Gasteiger charge is -2.23. The summed E-state index contributed by atoms with van der Waals surface area (Å²) < 4.78 is 13.4. The summed E-state index contributed by atoms with van der Waals surface area (Å²) in [6.07, 6.45) is 3.33. The van der Waals surface area contributed by atoms with Gasteiger partial charge in [0.1, 0.15) is 12.4 Å². The van der Waals surface area contributed by atoms with Crippen molar-refractivity contribution in [3.8, 4) is 5.75 Å². The maximum Gasteiger partial charge on any atom is 0.261 e. The number of para-hydroxylation sites is 2. The van der Waals surface area contributed by atoms with Crippen LogP contribution < -0.4 is 20.7 Å². The highest BCUT2D eigenvalue weighted by Gasteiger charge is 2.18. The molecule has 0 aliphatic carbocycles. The number of rotatable bonds is 11. The Balaban J connectivity index is 1.39. The topological polar surface area (TPSA) is 128 Å². The molecule has 1 unspecified atom stereocenters. The van der Waals surface area contributed by atoms with Crippen LogP contribution in [0.15, 0.2) is 29.4 Å². The number of nitrogens with one attached hydrogen (secondary N) is 3. The van der Waals surface area contributed by atoms with E-state index in [0.29, 0.717) is 54.0 Å². The number of ether oxygens (including phenoxy) is 2. The standard InChI is InChI=1S/C22H30N8O3S/c1-3-23-19-26-20(24-4-2)30-21(27-19)28-29-22(30)34-14-18(31)25-16-10-5-6-11-17(16)33-13-15-9-7-8-12-32-15/h5-6,10-11,15H,3-4,7-9,12-14H2,1-2H3,(H,25,31)(H2,23,24,26,27,28). The molecule has 1 aliphatic heterocycles. The average Bonchev–Trinajstić information content (AvgIpc) is 3.26. The Kier molecular flexibility index (Phi) is 8.36. The molecule has 1 aromatic carbocycles. The normalized spacial score (nSPS) is 15.8. The third kappa shape index (κ3) is 6.06. The predicted molar refractivity (Wildman–Crippen MR) is 132 cm³/mol. The molecule has 0 saturated carbocycles. The second kappa shape index (κ2) is 11.8. The molecule has 0 bridgehead atoms. The highest BCUT2D eigenvalue weighted by atomic mass is 32.2. The minimum absolute atomic E-state index is 0.0930. The van der Waals surface area contributed by atoms with Gasteiger partial charge >= 0.3 is 0 Å². The Bertz CT molecular complexity index is 1100. The first kappa shape index (κ1) is 24.0. The van der Waals surface area contributed by atoms with Crippen molar-refractivity contribution >= 4 is 41.0 Å². The summed E-state index contributed by atoms with van der Waals surface area (Å²) in [6, 6.07) is 7.42. The number of aromatic nitrogens is 5. The summed E-state index contributed by atoms with van der Waals surface area (Å²) in [6.45, 7) is 6.55. The van der Waals surface area contributed by atoms with Crippen molar-refractivity contribution in [2.45, 2.75) is 44.4 Å². The fourth-order valence-corrected chi connectivity index (χ4v) is 4.26. The molecule has 3 N–H and O–H groups in total. The monoisotopic (exact) mass is 486 g/mol. The minimum atomic E-state index is -0.179. The van der Waals surface area contributed by atoms with Gasteiger partial charge in [0.15, 0.2) is 5.16 Å². The highest BCUT2D eigenvalue weighted by Crippen LogP contribution is 2.26. The SMILES string of the molecule is CCNc1nc(NCC)n2c(SCC(=O)Nc3ccccc3OCC3CCCCO3)nnc2n1. The number of anilines is 3. The highest BCUT2D eigenvalue weighted by molar-refractivity contribution is 7.99. The van der Waals surface area contributed by atoms with Crippen LogP contribution in [0.3, 0.4) is 0 Å². The number of carbonyl (C=O) groups is 1. The van der Waals surface area contributed by atoms with Crippen molar-refractivity contribution in [1.29, 1.82) is 0 Å². The van der Waals surface area contributed by atoms with Crippen LogP contribution in [0.4, 0.5) is 17.6 Å². The number of fused-ring (bicyclic) bond motifs is 1. The molecule has 12 heteroatoms. The van der Waals surface area contributed by atoms with Gasteiger partial charge < -0.3 is 25.4 Å². The van der Waals surface area contributed by atoms with E-state index in [-0.39, 0.29) is 17.8 Å². The van der Waals surface area contributed by atoms with E-state index in [1.54, 1.807) is 4.40 Å². The molecule has 1 amide bonds. The number of hydrogen-bond donors (Lipinski definition) is 3. The van der Waals surface area contributed by atoms with Gasteiger partial charge in [-0.3, -0.25) is 4.79 Å². The number of benzene rings is 1. The van der Waals surface area contributed by atoms with E-state index in [1.807, 2.05) is 38.1 Å². The van der Waals surface area contributed by atoms with Gasteiger partial charge in [-0.25, -0.2) is 4.40 Å². The van der Waals surface area contributed by atoms with Crippen LogP contribution in [-0.2, 0) is 9.53 Å². The van der Waals surface area contributed by atoms with Crippen LogP contribution in [0, 0.1) is 0 Å². The average molecular weight is 487 g/mol. The number of carbonyl (C=O) groups excluding carboxylic acids is 1. The zero-order chi connectivity index (χ0) is 23.8. The van der Waals surface area contributed by atoms with E-state index < -0.39 is 0 Å². The largest absolute Gasteiger partial charge is 0.489 e. The lowest BCUT2D eigenvalue weighted by Crippen LogP contribution is -2.26. The second-order valence-electron chi connectivity index (χ2n) is 7.68. The van der Waals surface area contributed by atoms with Crippen molar-refractivity contribution < 1.29 is 14.3 Å². The molecular weight excluding hydrogens is 456 g/mol. The molecule has 182 valence electrons. The summed E-state index contributed by atoms with van der Waals surface area (Å²) in [5.41, 5.74) is 0.627. The molecule has 34 heavy (non-hydrogen) atoms. The van der Waals surface area contributed by atoms with Gasteiger partial charge in [-0.1, -0.05) is 23.9 Å². The second-order valence-corrected chi connectivity index (χ2v) is 8.62. The Labute approximate surface area is 202 Å². The number of thioether (sulfide) groups is 1.